The minimum Gasteiger partial charge on any atom is -0.492 e. The number of nitrogens with zero attached hydrogens (tertiary/aromatic N) is 2. The molecule has 5 nitrogen and oxygen atoms in total. The Morgan fingerprint density at radius 3 is 2.65 bits per heavy atom. The molecule has 3 rings (SSSR count). The number of hydrogen-bond acceptors (Lipinski definition) is 4. The van der Waals surface area contributed by atoms with Gasteiger partial charge in [0.2, 0.25) is 0 Å². The van der Waals surface area contributed by atoms with Crippen LogP contribution >= 0.6 is 12.4 Å². The van der Waals surface area contributed by atoms with Crippen molar-refractivity contribution in [2.45, 2.75) is 26.9 Å². The van der Waals surface area contributed by atoms with Gasteiger partial charge in [0.1, 0.15) is 12.4 Å². The highest BCUT2D eigenvalue weighted by atomic mass is 35.5. The van der Waals surface area contributed by atoms with Crippen LogP contribution in [0.2, 0.25) is 0 Å². The molecule has 1 aromatic heterocycles. The van der Waals surface area contributed by atoms with Crippen LogP contribution in [-0.2, 0) is 13.1 Å². The third-order valence-electron chi connectivity index (χ3n) is 4.41. The van der Waals surface area contributed by atoms with Crippen LogP contribution in [0.25, 0.3) is 10.8 Å². The van der Waals surface area contributed by atoms with Crippen LogP contribution in [0, 0.1) is 13.8 Å². The van der Waals surface area contributed by atoms with Gasteiger partial charge in [0.25, 0.3) is 0 Å². The molecule has 0 fully saturated rings. The summed E-state index contributed by atoms with van der Waals surface area (Å²) in [7, 11) is 0. The minimum absolute atomic E-state index is 0. The fraction of sp³-hybridized carbons (Fsp3) is 0.350. The monoisotopic (exact) mass is 375 g/mol. The van der Waals surface area contributed by atoms with E-state index in [4.69, 9.17) is 9.84 Å². The van der Waals surface area contributed by atoms with Gasteiger partial charge in [0.15, 0.2) is 0 Å². The van der Waals surface area contributed by atoms with Gasteiger partial charge in [0.05, 0.1) is 18.8 Å². The van der Waals surface area contributed by atoms with Crippen molar-refractivity contribution < 1.29 is 9.84 Å². The Balaban J connectivity index is 0.00000243. The van der Waals surface area contributed by atoms with Gasteiger partial charge in [-0.05, 0) is 36.8 Å². The number of aryl methyl sites for hydroxylation is 1. The van der Waals surface area contributed by atoms with E-state index in [0.717, 1.165) is 30.2 Å². The molecule has 0 spiro atoms. The van der Waals surface area contributed by atoms with Crippen molar-refractivity contribution in [2.24, 2.45) is 0 Å². The first kappa shape index (κ1) is 20.2. The number of rotatable bonds is 8. The third-order valence-corrected chi connectivity index (χ3v) is 4.41. The summed E-state index contributed by atoms with van der Waals surface area (Å²) in [5.74, 6) is 0.892. The Kier molecular flexibility index (Phi) is 7.45. The number of benzene rings is 2. The molecular weight excluding hydrogens is 350 g/mol. The molecular formula is C20H26ClN3O2. The maximum Gasteiger partial charge on any atom is 0.120 e. The van der Waals surface area contributed by atoms with Crippen LogP contribution < -0.4 is 10.1 Å². The molecule has 3 aromatic rings. The normalized spacial score (nSPS) is 10.7. The van der Waals surface area contributed by atoms with Crippen molar-refractivity contribution in [1.82, 2.24) is 15.1 Å². The molecule has 1 heterocycles. The first-order valence-electron chi connectivity index (χ1n) is 8.65. The van der Waals surface area contributed by atoms with Gasteiger partial charge < -0.3 is 15.2 Å². The van der Waals surface area contributed by atoms with Crippen LogP contribution in [-0.4, -0.2) is 34.6 Å². The topological polar surface area (TPSA) is 59.3 Å². The lowest BCUT2D eigenvalue weighted by atomic mass is 10.1. The summed E-state index contributed by atoms with van der Waals surface area (Å²) in [6.07, 6.45) is 0. The molecule has 6 heteroatoms. The predicted octanol–water partition coefficient (Wildman–Crippen LogP) is 3.24. The number of hydrogen-bond donors (Lipinski definition) is 2. The van der Waals surface area contributed by atoms with Crippen LogP contribution in [0.1, 0.15) is 17.0 Å². The zero-order chi connectivity index (χ0) is 17.6. The van der Waals surface area contributed by atoms with Crippen LogP contribution in [0.5, 0.6) is 5.75 Å². The fourth-order valence-electron chi connectivity index (χ4n) is 3.01. The molecule has 0 aliphatic heterocycles. The zero-order valence-electron chi connectivity index (χ0n) is 15.2. The Labute approximate surface area is 160 Å². The van der Waals surface area contributed by atoms with Gasteiger partial charge in [-0.3, -0.25) is 4.68 Å². The van der Waals surface area contributed by atoms with Gasteiger partial charge in [0, 0.05) is 24.3 Å². The van der Waals surface area contributed by atoms with Crippen molar-refractivity contribution in [1.29, 1.82) is 0 Å². The second-order valence-corrected chi connectivity index (χ2v) is 6.13. The van der Waals surface area contributed by atoms with E-state index in [0.29, 0.717) is 13.2 Å². The number of aliphatic hydroxyl groups is 1. The van der Waals surface area contributed by atoms with E-state index in [2.05, 4.69) is 34.7 Å². The Morgan fingerprint density at radius 1 is 1.12 bits per heavy atom. The molecule has 0 unspecified atom stereocenters. The summed E-state index contributed by atoms with van der Waals surface area (Å²) >= 11 is 0. The molecule has 0 aliphatic carbocycles. The van der Waals surface area contributed by atoms with E-state index in [1.54, 1.807) is 0 Å². The van der Waals surface area contributed by atoms with Crippen molar-refractivity contribution in [2.75, 3.05) is 19.8 Å². The molecule has 0 aliphatic rings. The maximum absolute atomic E-state index is 9.07. The van der Waals surface area contributed by atoms with E-state index in [1.807, 2.05) is 36.7 Å². The smallest absolute Gasteiger partial charge is 0.120 e. The molecule has 0 amide bonds. The number of aliphatic hydroxyl groups excluding tert-OH is 1. The molecule has 0 bridgehead atoms. The summed E-state index contributed by atoms with van der Waals surface area (Å²) in [6.45, 7) is 6.82. The second-order valence-electron chi connectivity index (χ2n) is 6.13. The Hall–Kier alpha value is -2.08. The number of fused-ring (bicyclic) bond motifs is 1. The highest BCUT2D eigenvalue weighted by Gasteiger charge is 2.10. The average Bonchev–Trinajstić information content (AvgIpc) is 2.89. The first-order chi connectivity index (χ1) is 12.2. The summed E-state index contributed by atoms with van der Waals surface area (Å²) in [4.78, 5) is 0. The largest absolute Gasteiger partial charge is 0.492 e. The quantitative estimate of drug-likeness (QED) is 0.593. The van der Waals surface area contributed by atoms with Crippen molar-refractivity contribution >= 4 is 23.2 Å². The van der Waals surface area contributed by atoms with Gasteiger partial charge >= 0.3 is 0 Å². The van der Waals surface area contributed by atoms with E-state index < -0.39 is 0 Å². The highest BCUT2D eigenvalue weighted by molar-refractivity contribution is 5.85. The summed E-state index contributed by atoms with van der Waals surface area (Å²) in [5, 5.41) is 19.3. The summed E-state index contributed by atoms with van der Waals surface area (Å²) in [6, 6.07) is 14.4. The predicted molar refractivity (Wildman–Crippen MR) is 107 cm³/mol. The molecule has 140 valence electrons. The summed E-state index contributed by atoms with van der Waals surface area (Å²) < 4.78 is 7.70. The van der Waals surface area contributed by atoms with Gasteiger partial charge in [-0.1, -0.05) is 30.3 Å². The van der Waals surface area contributed by atoms with Gasteiger partial charge in [-0.25, -0.2) is 0 Å². The van der Waals surface area contributed by atoms with Crippen molar-refractivity contribution in [3.05, 3.63) is 59.4 Å². The average molecular weight is 376 g/mol. The summed E-state index contributed by atoms with van der Waals surface area (Å²) in [5.41, 5.74) is 3.31. The van der Waals surface area contributed by atoms with E-state index in [1.165, 1.54) is 16.3 Å². The zero-order valence-corrected chi connectivity index (χ0v) is 16.1. The SMILES string of the molecule is Cc1nn(CCO)c(C)c1CNCCOc1ccc2ccccc2c1.Cl. The first-order valence-corrected chi connectivity index (χ1v) is 8.65. The number of nitrogens with one attached hydrogen (secondary N) is 1. The molecule has 2 aromatic carbocycles. The number of ether oxygens (including phenoxy) is 1. The molecule has 0 saturated carbocycles. The highest BCUT2D eigenvalue weighted by Crippen LogP contribution is 2.20. The van der Waals surface area contributed by atoms with E-state index >= 15 is 0 Å². The van der Waals surface area contributed by atoms with Gasteiger partial charge in [-0.2, -0.15) is 5.10 Å². The Bertz CT molecular complexity index is 848. The molecule has 0 saturated heterocycles. The molecule has 0 atom stereocenters. The van der Waals surface area contributed by atoms with Crippen LogP contribution in [0.3, 0.4) is 0 Å². The molecule has 2 N–H and O–H groups in total. The van der Waals surface area contributed by atoms with Gasteiger partial charge in [-0.15, -0.1) is 12.4 Å². The molecule has 26 heavy (non-hydrogen) atoms. The Morgan fingerprint density at radius 2 is 1.88 bits per heavy atom. The van der Waals surface area contributed by atoms with Crippen molar-refractivity contribution in [3.63, 3.8) is 0 Å². The minimum atomic E-state index is 0. The lowest BCUT2D eigenvalue weighted by Gasteiger charge is -2.09. The number of halogens is 1. The van der Waals surface area contributed by atoms with Crippen molar-refractivity contribution in [3.8, 4) is 5.75 Å². The lowest BCUT2D eigenvalue weighted by Crippen LogP contribution is -2.21. The van der Waals surface area contributed by atoms with E-state index in [9.17, 15) is 0 Å². The molecule has 0 radical (unpaired) electrons. The number of aromatic nitrogens is 2. The van der Waals surface area contributed by atoms with E-state index in [-0.39, 0.29) is 19.0 Å². The standard InChI is InChI=1S/C20H25N3O2.ClH/c1-15-20(16(2)23(22-15)10-11-24)14-21-9-12-25-19-8-7-17-5-3-4-6-18(17)13-19;/h3-8,13,21,24H,9-12,14H2,1-2H3;1H. The fourth-order valence-corrected chi connectivity index (χ4v) is 3.01. The second kappa shape index (κ2) is 9.57. The lowest BCUT2D eigenvalue weighted by molar-refractivity contribution is 0.267. The third kappa shape index (κ3) is 4.75. The van der Waals surface area contributed by atoms with Crippen LogP contribution in [0.15, 0.2) is 42.5 Å². The maximum atomic E-state index is 9.07. The van der Waals surface area contributed by atoms with Crippen LogP contribution in [0.4, 0.5) is 0 Å².